The second kappa shape index (κ2) is 4.07. The Balaban J connectivity index is 1.98. The zero-order valence-electron chi connectivity index (χ0n) is 12.1. The Kier molecular flexibility index (Phi) is 2.72. The molecule has 3 rings (SSSR count). The fraction of sp³-hybridized carbons (Fsp3) is 0.438. The van der Waals surface area contributed by atoms with Crippen LogP contribution in [0.3, 0.4) is 0 Å². The second-order valence-corrected chi connectivity index (χ2v) is 6.67. The van der Waals surface area contributed by atoms with E-state index in [1.807, 2.05) is 18.3 Å². The first-order valence-corrected chi connectivity index (χ1v) is 6.92. The summed E-state index contributed by atoms with van der Waals surface area (Å²) in [4.78, 5) is 4.54. The third-order valence-electron chi connectivity index (χ3n) is 4.75. The van der Waals surface area contributed by atoms with E-state index in [1.54, 1.807) is 0 Å². The smallest absolute Gasteiger partial charge is 0.329 e. The fourth-order valence-corrected chi connectivity index (χ4v) is 2.72. The van der Waals surface area contributed by atoms with E-state index in [-0.39, 0.29) is 17.9 Å². The number of hydrogen-bond acceptors (Lipinski definition) is 2. The van der Waals surface area contributed by atoms with E-state index in [1.165, 1.54) is 10.8 Å². The molecule has 0 amide bonds. The van der Waals surface area contributed by atoms with E-state index in [4.69, 9.17) is 4.65 Å². The molecule has 1 fully saturated rings. The van der Waals surface area contributed by atoms with E-state index in [9.17, 15) is 0 Å². The SMILES string of the molecule is CC1(C)CB(c2cnc3ccccc3c2)OC1(C)C. The molecule has 1 saturated heterocycles. The summed E-state index contributed by atoms with van der Waals surface area (Å²) in [5.41, 5.74) is 2.33. The average Bonchev–Trinajstić information content (AvgIpc) is 2.58. The van der Waals surface area contributed by atoms with Crippen molar-refractivity contribution in [3.05, 3.63) is 36.5 Å². The molecule has 0 unspecified atom stereocenters. The Morgan fingerprint density at radius 1 is 1.16 bits per heavy atom. The summed E-state index contributed by atoms with van der Waals surface area (Å²) in [6.45, 7) is 9.08. The Labute approximate surface area is 115 Å². The normalized spacial score (nSPS) is 20.9. The molecule has 1 aromatic heterocycles. The monoisotopic (exact) mass is 253 g/mol. The van der Waals surface area contributed by atoms with Crippen LogP contribution in [0.2, 0.25) is 6.32 Å². The maximum absolute atomic E-state index is 6.26. The van der Waals surface area contributed by atoms with Crippen molar-refractivity contribution in [1.29, 1.82) is 0 Å². The minimum Gasteiger partial charge on any atom is -0.425 e. The maximum Gasteiger partial charge on any atom is 0.329 e. The van der Waals surface area contributed by atoms with Gasteiger partial charge in [-0.2, -0.15) is 0 Å². The van der Waals surface area contributed by atoms with Crippen molar-refractivity contribution in [3.8, 4) is 0 Å². The van der Waals surface area contributed by atoms with Gasteiger partial charge in [0.15, 0.2) is 0 Å². The summed E-state index contributed by atoms with van der Waals surface area (Å²) in [6, 6.07) is 10.4. The summed E-state index contributed by atoms with van der Waals surface area (Å²) in [5.74, 6) is 0. The lowest BCUT2D eigenvalue weighted by molar-refractivity contribution is 0.0375. The third-order valence-corrected chi connectivity index (χ3v) is 4.75. The molecule has 0 radical (unpaired) electrons. The molecule has 98 valence electrons. The first-order chi connectivity index (χ1) is 8.89. The number of nitrogens with zero attached hydrogens (tertiary/aromatic N) is 1. The van der Waals surface area contributed by atoms with Gasteiger partial charge in [-0.3, -0.25) is 4.98 Å². The number of rotatable bonds is 1. The molecule has 0 bridgehead atoms. The van der Waals surface area contributed by atoms with Crippen molar-refractivity contribution in [1.82, 2.24) is 4.98 Å². The lowest BCUT2D eigenvalue weighted by Gasteiger charge is -2.34. The highest BCUT2D eigenvalue weighted by atomic mass is 16.5. The lowest BCUT2D eigenvalue weighted by Crippen LogP contribution is -2.36. The number of fused-ring (bicyclic) bond motifs is 1. The van der Waals surface area contributed by atoms with Crippen LogP contribution in [0.4, 0.5) is 0 Å². The van der Waals surface area contributed by atoms with Crippen LogP contribution in [-0.4, -0.2) is 17.5 Å². The van der Waals surface area contributed by atoms with Gasteiger partial charge in [0.1, 0.15) is 0 Å². The molecule has 2 heterocycles. The van der Waals surface area contributed by atoms with Crippen LogP contribution in [0.25, 0.3) is 10.9 Å². The molecule has 3 heteroatoms. The van der Waals surface area contributed by atoms with Crippen molar-refractivity contribution >= 4 is 23.3 Å². The van der Waals surface area contributed by atoms with Gasteiger partial charge in [0, 0.05) is 6.20 Å². The fourth-order valence-electron chi connectivity index (χ4n) is 2.72. The molecule has 1 aliphatic heterocycles. The third kappa shape index (κ3) is 2.06. The van der Waals surface area contributed by atoms with Gasteiger partial charge in [-0.05, 0) is 42.5 Å². The molecule has 19 heavy (non-hydrogen) atoms. The molecular formula is C16H20BNO. The highest BCUT2D eigenvalue weighted by Crippen LogP contribution is 2.45. The van der Waals surface area contributed by atoms with Gasteiger partial charge in [-0.25, -0.2) is 0 Å². The minimum absolute atomic E-state index is 0.0939. The molecule has 2 nitrogen and oxygen atoms in total. The van der Waals surface area contributed by atoms with Gasteiger partial charge >= 0.3 is 6.92 Å². The van der Waals surface area contributed by atoms with Gasteiger partial charge in [-0.1, -0.05) is 38.1 Å². The highest BCUT2D eigenvalue weighted by Gasteiger charge is 2.49. The van der Waals surface area contributed by atoms with E-state index < -0.39 is 0 Å². The van der Waals surface area contributed by atoms with Crippen molar-refractivity contribution in [2.24, 2.45) is 5.41 Å². The number of para-hydroxylation sites is 1. The summed E-state index contributed by atoms with van der Waals surface area (Å²) in [7, 11) is 0. The first-order valence-electron chi connectivity index (χ1n) is 6.92. The van der Waals surface area contributed by atoms with Crippen LogP contribution in [0.5, 0.6) is 0 Å². The molecular weight excluding hydrogens is 233 g/mol. The molecule has 2 aromatic rings. The van der Waals surface area contributed by atoms with E-state index >= 15 is 0 Å². The van der Waals surface area contributed by atoms with Gasteiger partial charge < -0.3 is 4.65 Å². The maximum atomic E-state index is 6.26. The van der Waals surface area contributed by atoms with E-state index in [0.717, 1.165) is 11.8 Å². The van der Waals surface area contributed by atoms with Crippen molar-refractivity contribution in [2.75, 3.05) is 0 Å². The Morgan fingerprint density at radius 2 is 1.89 bits per heavy atom. The molecule has 0 N–H and O–H groups in total. The van der Waals surface area contributed by atoms with Crippen molar-refractivity contribution < 1.29 is 4.65 Å². The van der Waals surface area contributed by atoms with Gasteiger partial charge in [0.25, 0.3) is 0 Å². The zero-order chi connectivity index (χ0) is 13.7. The predicted octanol–water partition coefficient (Wildman–Crippen LogP) is 3.27. The van der Waals surface area contributed by atoms with Gasteiger partial charge in [0.05, 0.1) is 11.1 Å². The summed E-state index contributed by atoms with van der Waals surface area (Å²) < 4.78 is 6.26. The zero-order valence-corrected chi connectivity index (χ0v) is 12.1. The van der Waals surface area contributed by atoms with Crippen molar-refractivity contribution in [3.63, 3.8) is 0 Å². The van der Waals surface area contributed by atoms with Gasteiger partial charge in [0.2, 0.25) is 0 Å². The topological polar surface area (TPSA) is 22.1 Å². The summed E-state index contributed by atoms with van der Waals surface area (Å²) in [5, 5.41) is 1.19. The summed E-state index contributed by atoms with van der Waals surface area (Å²) >= 11 is 0. The molecule has 1 aliphatic rings. The Hall–Kier alpha value is -1.35. The van der Waals surface area contributed by atoms with E-state index in [2.05, 4.69) is 50.9 Å². The van der Waals surface area contributed by atoms with Crippen LogP contribution in [-0.2, 0) is 4.65 Å². The Bertz CT molecular complexity index is 605. The van der Waals surface area contributed by atoms with Crippen molar-refractivity contribution in [2.45, 2.75) is 39.6 Å². The predicted molar refractivity (Wildman–Crippen MR) is 80.9 cm³/mol. The number of hydrogen-bond donors (Lipinski definition) is 0. The Morgan fingerprint density at radius 3 is 2.58 bits per heavy atom. The number of benzene rings is 1. The first kappa shape index (κ1) is 12.7. The minimum atomic E-state index is -0.0939. The molecule has 0 spiro atoms. The number of pyridine rings is 1. The lowest BCUT2D eigenvalue weighted by atomic mass is 9.54. The summed E-state index contributed by atoms with van der Waals surface area (Å²) in [6.07, 6.45) is 3.00. The second-order valence-electron chi connectivity index (χ2n) is 6.67. The van der Waals surface area contributed by atoms with E-state index in [0.29, 0.717) is 0 Å². The van der Waals surface area contributed by atoms with Gasteiger partial charge in [-0.15, -0.1) is 0 Å². The van der Waals surface area contributed by atoms with Crippen LogP contribution in [0.15, 0.2) is 36.5 Å². The van der Waals surface area contributed by atoms with Crippen LogP contribution in [0.1, 0.15) is 27.7 Å². The van der Waals surface area contributed by atoms with Crippen LogP contribution < -0.4 is 5.46 Å². The quantitative estimate of drug-likeness (QED) is 0.727. The molecule has 0 saturated carbocycles. The standard InChI is InChI=1S/C16H20BNO/c1-15(2)11-17(19-16(15,3)4)13-9-12-7-5-6-8-14(12)18-10-13/h5-10H,11H2,1-4H3. The largest absolute Gasteiger partial charge is 0.425 e. The van der Waals surface area contributed by atoms with Crippen LogP contribution >= 0.6 is 0 Å². The average molecular weight is 253 g/mol. The molecule has 0 atom stereocenters. The number of aromatic nitrogens is 1. The molecule has 1 aromatic carbocycles. The van der Waals surface area contributed by atoms with Crippen LogP contribution in [0, 0.1) is 5.41 Å². The highest BCUT2D eigenvalue weighted by molar-refractivity contribution is 6.68. The molecule has 0 aliphatic carbocycles.